The summed E-state index contributed by atoms with van der Waals surface area (Å²) in [5.74, 6) is 0.886. The quantitative estimate of drug-likeness (QED) is 0.814. The van der Waals surface area contributed by atoms with Crippen molar-refractivity contribution in [3.8, 4) is 0 Å². The number of nitrogens with two attached hydrogens (primary N) is 1. The molecule has 0 bridgehead atoms. The number of carbonyl (C=O) groups is 1. The Labute approximate surface area is 96.3 Å². The predicted octanol–water partition coefficient (Wildman–Crippen LogP) is 1.77. The Bertz CT molecular complexity index is 346. The van der Waals surface area contributed by atoms with Gasteiger partial charge in [0.15, 0.2) is 0 Å². The zero-order valence-electron chi connectivity index (χ0n) is 10.0. The van der Waals surface area contributed by atoms with Gasteiger partial charge in [0.25, 0.3) is 0 Å². The minimum Gasteiger partial charge on any atom is -0.326 e. The molecule has 0 aliphatic rings. The first-order valence-corrected chi connectivity index (χ1v) is 5.50. The van der Waals surface area contributed by atoms with E-state index in [0.717, 1.165) is 5.56 Å². The fourth-order valence-corrected chi connectivity index (χ4v) is 1.16. The molecule has 0 aliphatic carbocycles. The maximum Gasteiger partial charge on any atom is 0.228 e. The van der Waals surface area contributed by atoms with E-state index in [1.165, 1.54) is 0 Å². The van der Waals surface area contributed by atoms with Gasteiger partial charge in [0, 0.05) is 18.7 Å². The van der Waals surface area contributed by atoms with Crippen LogP contribution in [0, 0.1) is 11.8 Å². The van der Waals surface area contributed by atoms with Crippen molar-refractivity contribution in [3.63, 3.8) is 0 Å². The Hall–Kier alpha value is -1.42. The smallest absolute Gasteiger partial charge is 0.228 e. The lowest BCUT2D eigenvalue weighted by molar-refractivity contribution is -0.120. The van der Waals surface area contributed by atoms with Crippen LogP contribution in [-0.2, 0) is 11.3 Å². The largest absolute Gasteiger partial charge is 0.326 e. The maximum absolute atomic E-state index is 11.7. The number of rotatable bonds is 4. The number of nitrogens with zero attached hydrogens (tertiary/aromatic N) is 1. The highest BCUT2D eigenvalue weighted by atomic mass is 16.1. The van der Waals surface area contributed by atoms with Crippen molar-refractivity contribution in [2.75, 3.05) is 5.32 Å². The SMILES string of the molecule is CC(C)C(C)C(=O)Nc1ccc(CN)cn1. The number of anilines is 1. The fourth-order valence-electron chi connectivity index (χ4n) is 1.16. The molecule has 0 spiro atoms. The summed E-state index contributed by atoms with van der Waals surface area (Å²) in [6, 6.07) is 3.63. The van der Waals surface area contributed by atoms with Crippen LogP contribution in [-0.4, -0.2) is 10.9 Å². The molecule has 1 atom stereocenters. The van der Waals surface area contributed by atoms with E-state index in [1.807, 2.05) is 26.8 Å². The Morgan fingerprint density at radius 3 is 2.56 bits per heavy atom. The lowest BCUT2D eigenvalue weighted by Crippen LogP contribution is -2.24. The second-order valence-corrected chi connectivity index (χ2v) is 4.28. The number of hydrogen-bond acceptors (Lipinski definition) is 3. The normalized spacial score (nSPS) is 12.6. The van der Waals surface area contributed by atoms with E-state index < -0.39 is 0 Å². The molecule has 0 fully saturated rings. The molecular formula is C12H19N3O. The molecule has 0 saturated carbocycles. The van der Waals surface area contributed by atoms with E-state index in [0.29, 0.717) is 18.3 Å². The minimum absolute atomic E-state index is 0.00278. The van der Waals surface area contributed by atoms with E-state index in [1.54, 1.807) is 12.3 Å². The molecule has 0 aliphatic heterocycles. The Balaban J connectivity index is 2.62. The Morgan fingerprint density at radius 2 is 2.12 bits per heavy atom. The summed E-state index contributed by atoms with van der Waals surface area (Å²) in [5.41, 5.74) is 6.42. The van der Waals surface area contributed by atoms with Gasteiger partial charge in [0.05, 0.1) is 0 Å². The Morgan fingerprint density at radius 1 is 1.44 bits per heavy atom. The van der Waals surface area contributed by atoms with E-state index in [9.17, 15) is 4.79 Å². The van der Waals surface area contributed by atoms with Crippen LogP contribution in [0.1, 0.15) is 26.3 Å². The second-order valence-electron chi connectivity index (χ2n) is 4.28. The molecule has 88 valence electrons. The predicted molar refractivity (Wildman–Crippen MR) is 64.8 cm³/mol. The third kappa shape index (κ3) is 3.31. The van der Waals surface area contributed by atoms with Crippen molar-refractivity contribution < 1.29 is 4.79 Å². The average molecular weight is 221 g/mol. The summed E-state index contributed by atoms with van der Waals surface area (Å²) in [6.45, 7) is 6.42. The highest BCUT2D eigenvalue weighted by Gasteiger charge is 2.16. The third-order valence-electron chi connectivity index (χ3n) is 2.73. The average Bonchev–Trinajstić information content (AvgIpc) is 2.28. The van der Waals surface area contributed by atoms with Crippen molar-refractivity contribution in [1.82, 2.24) is 4.98 Å². The number of carbonyl (C=O) groups excluding carboxylic acids is 1. The zero-order chi connectivity index (χ0) is 12.1. The monoisotopic (exact) mass is 221 g/mol. The third-order valence-corrected chi connectivity index (χ3v) is 2.73. The summed E-state index contributed by atoms with van der Waals surface area (Å²) in [6.07, 6.45) is 1.68. The lowest BCUT2D eigenvalue weighted by atomic mass is 9.97. The summed E-state index contributed by atoms with van der Waals surface area (Å²) in [7, 11) is 0. The highest BCUT2D eigenvalue weighted by Crippen LogP contribution is 2.12. The molecule has 4 heteroatoms. The molecule has 0 saturated heterocycles. The van der Waals surface area contributed by atoms with E-state index in [2.05, 4.69) is 10.3 Å². The standard InChI is InChI=1S/C12H19N3O/c1-8(2)9(3)12(16)15-11-5-4-10(6-13)7-14-11/h4-5,7-9H,6,13H2,1-3H3,(H,14,15,16). The van der Waals surface area contributed by atoms with Crippen LogP contribution in [0.4, 0.5) is 5.82 Å². The lowest BCUT2D eigenvalue weighted by Gasteiger charge is -2.14. The van der Waals surface area contributed by atoms with Crippen molar-refractivity contribution >= 4 is 11.7 Å². The van der Waals surface area contributed by atoms with Crippen LogP contribution in [0.25, 0.3) is 0 Å². The molecule has 1 aromatic rings. The summed E-state index contributed by atoms with van der Waals surface area (Å²) >= 11 is 0. The molecule has 4 nitrogen and oxygen atoms in total. The van der Waals surface area contributed by atoms with Crippen molar-refractivity contribution in [1.29, 1.82) is 0 Å². The van der Waals surface area contributed by atoms with Gasteiger partial charge in [-0.2, -0.15) is 0 Å². The van der Waals surface area contributed by atoms with Crippen LogP contribution >= 0.6 is 0 Å². The summed E-state index contributed by atoms with van der Waals surface area (Å²) in [5, 5.41) is 2.78. The van der Waals surface area contributed by atoms with Gasteiger partial charge in [0.1, 0.15) is 5.82 Å². The molecule has 0 radical (unpaired) electrons. The zero-order valence-corrected chi connectivity index (χ0v) is 10.0. The molecular weight excluding hydrogens is 202 g/mol. The van der Waals surface area contributed by atoms with E-state index in [4.69, 9.17) is 5.73 Å². The van der Waals surface area contributed by atoms with Crippen LogP contribution < -0.4 is 11.1 Å². The molecule has 1 rings (SSSR count). The summed E-state index contributed by atoms with van der Waals surface area (Å²) < 4.78 is 0. The van der Waals surface area contributed by atoms with Crippen molar-refractivity contribution in [2.24, 2.45) is 17.6 Å². The maximum atomic E-state index is 11.7. The first-order chi connectivity index (χ1) is 7.54. The van der Waals surface area contributed by atoms with Gasteiger partial charge in [-0.25, -0.2) is 4.98 Å². The number of nitrogens with one attached hydrogen (secondary N) is 1. The number of amides is 1. The van der Waals surface area contributed by atoms with Crippen LogP contribution in [0.2, 0.25) is 0 Å². The molecule has 1 heterocycles. The van der Waals surface area contributed by atoms with Gasteiger partial charge >= 0.3 is 0 Å². The Kier molecular flexibility index (Phi) is 4.43. The van der Waals surface area contributed by atoms with Crippen LogP contribution in [0.15, 0.2) is 18.3 Å². The van der Waals surface area contributed by atoms with Crippen molar-refractivity contribution in [3.05, 3.63) is 23.9 Å². The number of aromatic nitrogens is 1. The number of hydrogen-bond donors (Lipinski definition) is 2. The minimum atomic E-state index is -0.0176. The molecule has 1 amide bonds. The van der Waals surface area contributed by atoms with Gasteiger partial charge in [-0.1, -0.05) is 26.8 Å². The van der Waals surface area contributed by atoms with Crippen LogP contribution in [0.5, 0.6) is 0 Å². The first kappa shape index (κ1) is 12.6. The van der Waals surface area contributed by atoms with E-state index >= 15 is 0 Å². The number of pyridine rings is 1. The second kappa shape index (κ2) is 5.61. The fraction of sp³-hybridized carbons (Fsp3) is 0.500. The molecule has 1 unspecified atom stereocenters. The van der Waals surface area contributed by atoms with E-state index in [-0.39, 0.29) is 11.8 Å². The molecule has 16 heavy (non-hydrogen) atoms. The topological polar surface area (TPSA) is 68.0 Å². The highest BCUT2D eigenvalue weighted by molar-refractivity contribution is 5.91. The van der Waals surface area contributed by atoms with Gasteiger partial charge in [-0.05, 0) is 17.5 Å². The molecule has 0 aromatic carbocycles. The first-order valence-electron chi connectivity index (χ1n) is 5.50. The van der Waals surface area contributed by atoms with Gasteiger partial charge < -0.3 is 11.1 Å². The molecule has 1 aromatic heterocycles. The van der Waals surface area contributed by atoms with Crippen LogP contribution in [0.3, 0.4) is 0 Å². The molecule has 3 N–H and O–H groups in total. The van der Waals surface area contributed by atoms with Gasteiger partial charge in [0.2, 0.25) is 5.91 Å². The summed E-state index contributed by atoms with van der Waals surface area (Å²) in [4.78, 5) is 15.9. The van der Waals surface area contributed by atoms with Crippen molar-refractivity contribution in [2.45, 2.75) is 27.3 Å². The van der Waals surface area contributed by atoms with Gasteiger partial charge in [-0.15, -0.1) is 0 Å². The van der Waals surface area contributed by atoms with Gasteiger partial charge in [-0.3, -0.25) is 4.79 Å².